The Morgan fingerprint density at radius 1 is 1.62 bits per heavy atom. The Hall–Kier alpha value is -0.610. The summed E-state index contributed by atoms with van der Waals surface area (Å²) >= 11 is 3.04. The number of benzene rings is 1. The number of halogens is 2. The summed E-state index contributed by atoms with van der Waals surface area (Å²) in [6.07, 6.45) is -0.824. The number of aliphatic hydroxyl groups excluding tert-OH is 1. The molecule has 0 saturated heterocycles. The first-order chi connectivity index (χ1) is 5.95. The fraction of sp³-hybridized carbons (Fsp3) is 0.333. The Morgan fingerprint density at radius 2 is 2.15 bits per heavy atom. The zero-order valence-electron chi connectivity index (χ0n) is 7.44. The van der Waals surface area contributed by atoms with Crippen LogP contribution in [0.1, 0.15) is 24.2 Å². The highest BCUT2D eigenvalue weighted by Gasteiger charge is 2.15. The highest BCUT2D eigenvalue weighted by molar-refractivity contribution is 9.10. The molecule has 1 rings (SSSR count). The van der Waals surface area contributed by atoms with E-state index < -0.39 is 11.9 Å². The van der Waals surface area contributed by atoms with Crippen molar-refractivity contribution in [1.82, 2.24) is 0 Å². The van der Waals surface area contributed by atoms with Gasteiger partial charge >= 0.3 is 0 Å². The minimum absolute atomic E-state index is 0.225. The van der Waals surface area contributed by atoms with Crippen molar-refractivity contribution in [2.45, 2.75) is 20.0 Å². The van der Waals surface area contributed by atoms with E-state index in [0.29, 0.717) is 5.69 Å². The van der Waals surface area contributed by atoms with Gasteiger partial charge in [-0.15, -0.1) is 0 Å². The molecule has 0 aliphatic heterocycles. The number of nitrogens with two attached hydrogens (primary N) is 1. The topological polar surface area (TPSA) is 46.2 Å². The molecule has 1 unspecified atom stereocenters. The first-order valence-corrected chi connectivity index (χ1v) is 4.66. The predicted octanol–water partition coefficient (Wildman–Crippen LogP) is 2.53. The van der Waals surface area contributed by atoms with E-state index >= 15 is 0 Å². The van der Waals surface area contributed by atoms with Crippen LogP contribution < -0.4 is 5.73 Å². The van der Waals surface area contributed by atoms with Gasteiger partial charge in [-0.1, -0.05) is 0 Å². The van der Waals surface area contributed by atoms with Crippen LogP contribution in [-0.4, -0.2) is 5.11 Å². The second kappa shape index (κ2) is 3.64. The van der Waals surface area contributed by atoms with E-state index in [0.717, 1.165) is 5.56 Å². The van der Waals surface area contributed by atoms with Gasteiger partial charge < -0.3 is 10.8 Å². The van der Waals surface area contributed by atoms with Crippen molar-refractivity contribution in [2.24, 2.45) is 0 Å². The predicted molar refractivity (Wildman–Crippen MR) is 53.9 cm³/mol. The molecule has 0 heterocycles. The van der Waals surface area contributed by atoms with Crippen LogP contribution in [0.4, 0.5) is 10.1 Å². The average Bonchev–Trinajstić information content (AvgIpc) is 2.07. The van der Waals surface area contributed by atoms with E-state index in [1.54, 1.807) is 13.0 Å². The fourth-order valence-electron chi connectivity index (χ4n) is 1.10. The molecule has 72 valence electrons. The quantitative estimate of drug-likeness (QED) is 0.750. The molecule has 0 aliphatic rings. The second-order valence-electron chi connectivity index (χ2n) is 3.00. The van der Waals surface area contributed by atoms with Crippen LogP contribution in [0, 0.1) is 12.7 Å². The Balaban J connectivity index is 3.41. The van der Waals surface area contributed by atoms with Gasteiger partial charge in [0.2, 0.25) is 0 Å². The van der Waals surface area contributed by atoms with Gasteiger partial charge in [-0.3, -0.25) is 0 Å². The lowest BCUT2D eigenvalue weighted by atomic mass is 10.1. The van der Waals surface area contributed by atoms with Gasteiger partial charge in [-0.2, -0.15) is 0 Å². The maximum absolute atomic E-state index is 13.4. The molecule has 0 bridgehead atoms. The van der Waals surface area contributed by atoms with Crippen molar-refractivity contribution in [3.05, 3.63) is 27.5 Å². The number of rotatable bonds is 1. The number of hydrogen-bond acceptors (Lipinski definition) is 2. The van der Waals surface area contributed by atoms with E-state index in [4.69, 9.17) is 5.73 Å². The van der Waals surface area contributed by atoms with E-state index in [9.17, 15) is 9.50 Å². The Bertz CT molecular complexity index is 339. The summed E-state index contributed by atoms with van der Waals surface area (Å²) in [5.74, 6) is -0.488. The average molecular weight is 248 g/mol. The lowest BCUT2D eigenvalue weighted by molar-refractivity contribution is 0.194. The van der Waals surface area contributed by atoms with Crippen LogP contribution in [0.25, 0.3) is 0 Å². The van der Waals surface area contributed by atoms with Gasteiger partial charge in [0.1, 0.15) is 5.82 Å². The van der Waals surface area contributed by atoms with Crippen molar-refractivity contribution < 1.29 is 9.50 Å². The number of hydrogen-bond donors (Lipinski definition) is 2. The Kier molecular flexibility index (Phi) is 2.93. The molecule has 0 fully saturated rings. The van der Waals surface area contributed by atoms with Crippen molar-refractivity contribution in [2.75, 3.05) is 5.73 Å². The number of aryl methyl sites for hydroxylation is 1. The lowest BCUT2D eigenvalue weighted by Gasteiger charge is -2.11. The first kappa shape index (κ1) is 10.5. The molecule has 2 nitrogen and oxygen atoms in total. The molecule has 0 saturated carbocycles. The summed E-state index contributed by atoms with van der Waals surface area (Å²) in [5.41, 5.74) is 6.98. The summed E-state index contributed by atoms with van der Waals surface area (Å²) in [4.78, 5) is 0. The van der Waals surface area contributed by atoms with E-state index in [2.05, 4.69) is 15.9 Å². The minimum Gasteiger partial charge on any atom is -0.398 e. The number of anilines is 1. The number of nitrogen functional groups attached to an aromatic ring is 1. The molecule has 13 heavy (non-hydrogen) atoms. The maximum atomic E-state index is 13.4. The van der Waals surface area contributed by atoms with Gasteiger partial charge in [-0.05, 0) is 41.4 Å². The van der Waals surface area contributed by atoms with Crippen molar-refractivity contribution >= 4 is 21.6 Å². The molecule has 0 radical (unpaired) electrons. The molecule has 0 aromatic heterocycles. The zero-order valence-corrected chi connectivity index (χ0v) is 9.02. The van der Waals surface area contributed by atoms with Gasteiger partial charge in [0.05, 0.1) is 16.3 Å². The van der Waals surface area contributed by atoms with Crippen LogP contribution in [0.2, 0.25) is 0 Å². The summed E-state index contributed by atoms with van der Waals surface area (Å²) < 4.78 is 13.6. The molecule has 0 aliphatic carbocycles. The standard InChI is InChI=1S/C9H11BrFNO/c1-4-3-6(5(2)13)8(11)7(10)9(4)12/h3,5,13H,12H2,1-2H3. The molecule has 0 amide bonds. The maximum Gasteiger partial charge on any atom is 0.145 e. The molecular formula is C9H11BrFNO. The molecule has 1 aromatic carbocycles. The zero-order chi connectivity index (χ0) is 10.2. The molecule has 1 aromatic rings. The number of aliphatic hydroxyl groups is 1. The van der Waals surface area contributed by atoms with Gasteiger partial charge in [0.15, 0.2) is 0 Å². The smallest absolute Gasteiger partial charge is 0.145 e. The lowest BCUT2D eigenvalue weighted by Crippen LogP contribution is -2.02. The summed E-state index contributed by atoms with van der Waals surface area (Å²) in [7, 11) is 0. The second-order valence-corrected chi connectivity index (χ2v) is 3.79. The molecule has 4 heteroatoms. The van der Waals surface area contributed by atoms with E-state index in [1.165, 1.54) is 6.92 Å². The summed E-state index contributed by atoms with van der Waals surface area (Å²) in [5, 5.41) is 9.24. The van der Waals surface area contributed by atoms with Crippen LogP contribution in [0.3, 0.4) is 0 Å². The molecule has 0 spiro atoms. The summed E-state index contributed by atoms with van der Waals surface area (Å²) in [6.45, 7) is 3.28. The van der Waals surface area contributed by atoms with Crippen molar-refractivity contribution in [3.8, 4) is 0 Å². The van der Waals surface area contributed by atoms with E-state index in [-0.39, 0.29) is 10.0 Å². The van der Waals surface area contributed by atoms with Crippen LogP contribution >= 0.6 is 15.9 Å². The normalized spacial score (nSPS) is 13.0. The third-order valence-corrected chi connectivity index (χ3v) is 2.70. The Labute approximate surface area is 84.7 Å². The van der Waals surface area contributed by atoms with Crippen LogP contribution in [0.15, 0.2) is 10.5 Å². The first-order valence-electron chi connectivity index (χ1n) is 3.87. The molecule has 3 N–H and O–H groups in total. The minimum atomic E-state index is -0.824. The van der Waals surface area contributed by atoms with Gasteiger partial charge in [0.25, 0.3) is 0 Å². The SMILES string of the molecule is Cc1cc(C(C)O)c(F)c(Br)c1N. The summed E-state index contributed by atoms with van der Waals surface area (Å²) in [6, 6.07) is 1.56. The van der Waals surface area contributed by atoms with Crippen molar-refractivity contribution in [1.29, 1.82) is 0 Å². The van der Waals surface area contributed by atoms with Crippen LogP contribution in [0.5, 0.6) is 0 Å². The fourth-order valence-corrected chi connectivity index (χ4v) is 1.64. The van der Waals surface area contributed by atoms with Crippen molar-refractivity contribution in [3.63, 3.8) is 0 Å². The van der Waals surface area contributed by atoms with Gasteiger partial charge in [0, 0.05) is 5.56 Å². The molecule has 1 atom stereocenters. The highest BCUT2D eigenvalue weighted by atomic mass is 79.9. The van der Waals surface area contributed by atoms with E-state index in [1.807, 2.05) is 0 Å². The monoisotopic (exact) mass is 247 g/mol. The Morgan fingerprint density at radius 3 is 2.62 bits per heavy atom. The third-order valence-electron chi connectivity index (χ3n) is 1.93. The largest absolute Gasteiger partial charge is 0.398 e. The molecular weight excluding hydrogens is 237 g/mol. The van der Waals surface area contributed by atoms with Gasteiger partial charge in [-0.25, -0.2) is 4.39 Å². The van der Waals surface area contributed by atoms with Crippen LogP contribution in [-0.2, 0) is 0 Å². The third kappa shape index (κ3) is 1.84. The highest BCUT2D eigenvalue weighted by Crippen LogP contribution is 2.31.